The molecule has 6 nitrogen and oxygen atoms in total. The summed E-state index contributed by atoms with van der Waals surface area (Å²) in [4.78, 5) is 12.6. The quantitative estimate of drug-likeness (QED) is 0.652. The first-order chi connectivity index (χ1) is 13.7. The van der Waals surface area contributed by atoms with Gasteiger partial charge in [-0.1, -0.05) is 24.3 Å². The highest BCUT2D eigenvalue weighted by Gasteiger charge is 2.16. The second kappa shape index (κ2) is 8.36. The Bertz CT molecular complexity index is 1110. The standard InChI is InChI=1S/C22H22N2O4S/c1-16-9-10-17(15-21(16)24(2)29(3,26)27)22(25)23-18-11-13-20(14-12-18)28-19-7-5-4-6-8-19/h4-15H,1-3H3,(H,23,25). The summed E-state index contributed by atoms with van der Waals surface area (Å²) in [5.74, 6) is 1.05. The fourth-order valence-corrected chi connectivity index (χ4v) is 3.26. The lowest BCUT2D eigenvalue weighted by atomic mass is 10.1. The molecule has 29 heavy (non-hydrogen) atoms. The first kappa shape index (κ1) is 20.4. The molecule has 0 unspecified atom stereocenters. The predicted octanol–water partition coefficient (Wildman–Crippen LogP) is 4.44. The number of nitrogens with one attached hydrogen (secondary N) is 1. The van der Waals surface area contributed by atoms with Crippen LogP contribution in [-0.2, 0) is 10.0 Å². The number of rotatable bonds is 6. The summed E-state index contributed by atoms with van der Waals surface area (Å²) in [6, 6.07) is 21.4. The molecule has 0 aliphatic heterocycles. The van der Waals surface area contributed by atoms with E-state index in [1.807, 2.05) is 30.3 Å². The van der Waals surface area contributed by atoms with Crippen LogP contribution < -0.4 is 14.4 Å². The Morgan fingerprint density at radius 2 is 1.55 bits per heavy atom. The largest absolute Gasteiger partial charge is 0.457 e. The summed E-state index contributed by atoms with van der Waals surface area (Å²) in [5, 5.41) is 2.81. The van der Waals surface area contributed by atoms with Gasteiger partial charge in [0.05, 0.1) is 11.9 Å². The molecule has 0 heterocycles. The van der Waals surface area contributed by atoms with Crippen molar-refractivity contribution in [3.05, 3.63) is 83.9 Å². The van der Waals surface area contributed by atoms with Gasteiger partial charge >= 0.3 is 0 Å². The van der Waals surface area contributed by atoms with Crippen molar-refractivity contribution in [2.75, 3.05) is 22.9 Å². The minimum atomic E-state index is -3.42. The predicted molar refractivity (Wildman–Crippen MR) is 115 cm³/mol. The van der Waals surface area contributed by atoms with Crippen LogP contribution in [-0.4, -0.2) is 27.6 Å². The van der Waals surface area contributed by atoms with Gasteiger partial charge in [0.2, 0.25) is 10.0 Å². The number of hydrogen-bond acceptors (Lipinski definition) is 4. The number of carbonyl (C=O) groups excluding carboxylic acids is 1. The van der Waals surface area contributed by atoms with E-state index in [2.05, 4.69) is 5.32 Å². The smallest absolute Gasteiger partial charge is 0.255 e. The highest BCUT2D eigenvalue weighted by molar-refractivity contribution is 7.92. The van der Waals surface area contributed by atoms with Gasteiger partial charge in [-0.05, 0) is 61.0 Å². The van der Waals surface area contributed by atoms with Crippen LogP contribution in [0.15, 0.2) is 72.8 Å². The van der Waals surface area contributed by atoms with Crippen molar-refractivity contribution in [3.8, 4) is 11.5 Å². The van der Waals surface area contributed by atoms with Crippen LogP contribution in [0.3, 0.4) is 0 Å². The van der Waals surface area contributed by atoms with Crippen molar-refractivity contribution >= 4 is 27.3 Å². The fourth-order valence-electron chi connectivity index (χ4n) is 2.70. The molecular formula is C22H22N2O4S. The molecule has 3 rings (SSSR count). The summed E-state index contributed by atoms with van der Waals surface area (Å²) < 4.78 is 30.6. The van der Waals surface area contributed by atoms with Crippen molar-refractivity contribution in [3.63, 3.8) is 0 Å². The van der Waals surface area contributed by atoms with Crippen molar-refractivity contribution < 1.29 is 17.9 Å². The number of sulfonamides is 1. The Hall–Kier alpha value is -3.32. The lowest BCUT2D eigenvalue weighted by Crippen LogP contribution is -2.26. The molecule has 0 aromatic heterocycles. The number of benzene rings is 3. The first-order valence-electron chi connectivity index (χ1n) is 8.93. The zero-order valence-corrected chi connectivity index (χ0v) is 17.2. The van der Waals surface area contributed by atoms with E-state index in [4.69, 9.17) is 4.74 Å². The molecule has 0 aliphatic rings. The van der Waals surface area contributed by atoms with Gasteiger partial charge in [0.1, 0.15) is 11.5 Å². The van der Waals surface area contributed by atoms with Crippen LogP contribution in [0.2, 0.25) is 0 Å². The van der Waals surface area contributed by atoms with E-state index in [-0.39, 0.29) is 5.91 Å². The molecule has 0 aliphatic carbocycles. The van der Waals surface area contributed by atoms with Crippen molar-refractivity contribution in [1.82, 2.24) is 0 Å². The van der Waals surface area contributed by atoms with Crippen LogP contribution in [0.5, 0.6) is 11.5 Å². The fraction of sp³-hybridized carbons (Fsp3) is 0.136. The molecule has 0 atom stereocenters. The van der Waals surface area contributed by atoms with Gasteiger partial charge in [-0.15, -0.1) is 0 Å². The zero-order chi connectivity index (χ0) is 21.0. The molecule has 3 aromatic carbocycles. The number of nitrogens with zero attached hydrogens (tertiary/aromatic N) is 1. The minimum Gasteiger partial charge on any atom is -0.457 e. The number of ether oxygens (including phenoxy) is 1. The van der Waals surface area contributed by atoms with Crippen LogP contribution in [0.1, 0.15) is 15.9 Å². The molecule has 0 saturated carbocycles. The monoisotopic (exact) mass is 410 g/mol. The molecule has 0 saturated heterocycles. The Kier molecular flexibility index (Phi) is 5.89. The molecule has 1 amide bonds. The van der Waals surface area contributed by atoms with E-state index in [9.17, 15) is 13.2 Å². The zero-order valence-electron chi connectivity index (χ0n) is 16.4. The van der Waals surface area contributed by atoms with Gasteiger partial charge in [-0.2, -0.15) is 0 Å². The maximum atomic E-state index is 12.6. The maximum absolute atomic E-state index is 12.6. The molecule has 3 aromatic rings. The normalized spacial score (nSPS) is 11.0. The molecule has 7 heteroatoms. The lowest BCUT2D eigenvalue weighted by molar-refractivity contribution is 0.102. The molecule has 0 radical (unpaired) electrons. The van der Waals surface area contributed by atoms with E-state index in [1.165, 1.54) is 7.05 Å². The molecule has 150 valence electrons. The topological polar surface area (TPSA) is 75.7 Å². The van der Waals surface area contributed by atoms with Crippen LogP contribution in [0.25, 0.3) is 0 Å². The highest BCUT2D eigenvalue weighted by atomic mass is 32.2. The minimum absolute atomic E-state index is 0.329. The van der Waals surface area contributed by atoms with Crippen LogP contribution in [0.4, 0.5) is 11.4 Å². The first-order valence-corrected chi connectivity index (χ1v) is 10.8. The third kappa shape index (κ3) is 5.14. The maximum Gasteiger partial charge on any atom is 0.255 e. The Morgan fingerprint density at radius 1 is 0.931 bits per heavy atom. The second-order valence-corrected chi connectivity index (χ2v) is 8.64. The number of carbonyl (C=O) groups is 1. The van der Waals surface area contributed by atoms with Gasteiger partial charge < -0.3 is 10.1 Å². The van der Waals surface area contributed by atoms with Gasteiger partial charge in [0.15, 0.2) is 0 Å². The number of hydrogen-bond donors (Lipinski definition) is 1. The second-order valence-electron chi connectivity index (χ2n) is 6.63. The van der Waals surface area contributed by atoms with Crippen molar-refractivity contribution in [2.45, 2.75) is 6.92 Å². The van der Waals surface area contributed by atoms with Crippen molar-refractivity contribution in [1.29, 1.82) is 0 Å². The van der Waals surface area contributed by atoms with E-state index >= 15 is 0 Å². The Balaban J connectivity index is 1.73. The molecule has 0 fully saturated rings. The van der Waals surface area contributed by atoms with E-state index < -0.39 is 10.0 Å². The third-order valence-corrected chi connectivity index (χ3v) is 5.59. The summed E-state index contributed by atoms with van der Waals surface area (Å²) in [6.07, 6.45) is 1.12. The summed E-state index contributed by atoms with van der Waals surface area (Å²) in [7, 11) is -1.96. The number of anilines is 2. The van der Waals surface area contributed by atoms with Gasteiger partial charge in [-0.25, -0.2) is 8.42 Å². The van der Waals surface area contributed by atoms with Gasteiger partial charge in [0.25, 0.3) is 5.91 Å². The van der Waals surface area contributed by atoms with Gasteiger partial charge in [0, 0.05) is 18.3 Å². The van der Waals surface area contributed by atoms with Crippen LogP contribution >= 0.6 is 0 Å². The molecule has 1 N–H and O–H groups in total. The summed E-state index contributed by atoms with van der Waals surface area (Å²) in [6.45, 7) is 1.80. The SMILES string of the molecule is Cc1ccc(C(=O)Nc2ccc(Oc3ccccc3)cc2)cc1N(C)S(C)(=O)=O. The lowest BCUT2D eigenvalue weighted by Gasteiger charge is -2.19. The van der Waals surface area contributed by atoms with E-state index in [1.54, 1.807) is 49.4 Å². The number of amides is 1. The van der Waals surface area contributed by atoms with E-state index in [0.29, 0.717) is 22.7 Å². The van der Waals surface area contributed by atoms with Gasteiger partial charge in [-0.3, -0.25) is 9.10 Å². The highest BCUT2D eigenvalue weighted by Crippen LogP contribution is 2.25. The molecule has 0 spiro atoms. The number of aryl methyl sites for hydroxylation is 1. The molecular weight excluding hydrogens is 388 g/mol. The summed E-state index contributed by atoms with van der Waals surface area (Å²) in [5.41, 5.74) is 2.20. The van der Waals surface area contributed by atoms with Crippen molar-refractivity contribution in [2.24, 2.45) is 0 Å². The third-order valence-electron chi connectivity index (χ3n) is 4.40. The Morgan fingerprint density at radius 3 is 2.17 bits per heavy atom. The van der Waals surface area contributed by atoms with Crippen LogP contribution in [0, 0.1) is 6.92 Å². The average Bonchev–Trinajstić information content (AvgIpc) is 2.69. The summed E-state index contributed by atoms with van der Waals surface area (Å²) >= 11 is 0. The average molecular weight is 410 g/mol. The molecule has 0 bridgehead atoms. The Labute approximate surface area is 170 Å². The number of para-hydroxylation sites is 1. The van der Waals surface area contributed by atoms with E-state index in [0.717, 1.165) is 21.9 Å².